The highest BCUT2D eigenvalue weighted by atomic mass is 32.2. The maximum Gasteiger partial charge on any atom is 0.573 e. The molecule has 3 rings (SSSR count). The number of aliphatic hydroxyl groups excluding tert-OH is 1. The Balaban J connectivity index is 1.61. The molecule has 1 fully saturated rings. The highest BCUT2D eigenvalue weighted by Crippen LogP contribution is 2.32. The molecule has 2 aromatic carbocycles. The third-order valence-electron chi connectivity index (χ3n) is 5.25. The van der Waals surface area contributed by atoms with Gasteiger partial charge in [0.05, 0.1) is 23.4 Å². The molecular formula is C22H25F3O7S. The zero-order chi connectivity index (χ0) is 24.3. The minimum absolute atomic E-state index is 0.0148. The van der Waals surface area contributed by atoms with Crippen LogP contribution in [-0.2, 0) is 19.3 Å². The Bertz CT molecular complexity index is 1020. The van der Waals surface area contributed by atoms with Crippen LogP contribution in [0.2, 0.25) is 0 Å². The van der Waals surface area contributed by atoms with Crippen molar-refractivity contribution in [3.8, 4) is 17.2 Å². The molecule has 7 nitrogen and oxygen atoms in total. The highest BCUT2D eigenvalue weighted by molar-refractivity contribution is 7.91. The molecular weight excluding hydrogens is 465 g/mol. The van der Waals surface area contributed by atoms with E-state index in [1.54, 1.807) is 0 Å². The SMILES string of the molecule is CCC1(CC)OC[C@H](C(O)CS(=O)(=O)c2ccc(Oc3ccc(OC(F)(F)F)cc3)cc2)O1. The van der Waals surface area contributed by atoms with E-state index in [9.17, 15) is 26.7 Å². The van der Waals surface area contributed by atoms with Crippen molar-refractivity contribution in [3.63, 3.8) is 0 Å². The van der Waals surface area contributed by atoms with Crippen molar-refractivity contribution in [3.05, 3.63) is 48.5 Å². The third kappa shape index (κ3) is 6.59. The first-order valence-electron chi connectivity index (χ1n) is 10.3. The first-order valence-corrected chi connectivity index (χ1v) is 12.0. The van der Waals surface area contributed by atoms with Gasteiger partial charge in [0.25, 0.3) is 0 Å². The Morgan fingerprint density at radius 3 is 2.03 bits per heavy atom. The molecule has 33 heavy (non-hydrogen) atoms. The van der Waals surface area contributed by atoms with Crippen LogP contribution in [0.25, 0.3) is 0 Å². The van der Waals surface area contributed by atoms with Crippen molar-refractivity contribution < 1.29 is 45.6 Å². The number of rotatable bonds is 9. The number of aliphatic hydroxyl groups is 1. The average Bonchev–Trinajstić information content (AvgIpc) is 3.20. The summed E-state index contributed by atoms with van der Waals surface area (Å²) in [6.45, 7) is 3.89. The van der Waals surface area contributed by atoms with Crippen LogP contribution in [0.4, 0.5) is 13.2 Å². The van der Waals surface area contributed by atoms with E-state index in [1.807, 2.05) is 13.8 Å². The van der Waals surface area contributed by atoms with Gasteiger partial charge in [-0.25, -0.2) is 8.42 Å². The van der Waals surface area contributed by atoms with E-state index in [1.165, 1.54) is 36.4 Å². The molecule has 0 bridgehead atoms. The molecule has 0 saturated carbocycles. The Labute approximate surface area is 190 Å². The molecule has 2 aromatic rings. The van der Waals surface area contributed by atoms with Crippen molar-refractivity contribution in [1.29, 1.82) is 0 Å². The molecule has 0 spiro atoms. The monoisotopic (exact) mass is 490 g/mol. The predicted molar refractivity (Wildman–Crippen MR) is 112 cm³/mol. The summed E-state index contributed by atoms with van der Waals surface area (Å²) in [5.74, 6) is -1.20. The molecule has 1 N–H and O–H groups in total. The van der Waals surface area contributed by atoms with Gasteiger partial charge in [0.2, 0.25) is 0 Å². The summed E-state index contributed by atoms with van der Waals surface area (Å²) >= 11 is 0. The van der Waals surface area contributed by atoms with Crippen molar-refractivity contribution >= 4 is 9.84 Å². The maximum atomic E-state index is 12.7. The molecule has 0 aliphatic carbocycles. The molecule has 1 aliphatic heterocycles. The van der Waals surface area contributed by atoms with E-state index in [4.69, 9.17) is 14.2 Å². The van der Waals surface area contributed by atoms with E-state index in [-0.39, 0.29) is 28.8 Å². The van der Waals surface area contributed by atoms with Crippen molar-refractivity contribution in [2.75, 3.05) is 12.4 Å². The van der Waals surface area contributed by atoms with E-state index in [0.717, 1.165) is 12.1 Å². The topological polar surface area (TPSA) is 91.3 Å². The largest absolute Gasteiger partial charge is 0.573 e. The number of hydrogen-bond donors (Lipinski definition) is 1. The second-order valence-corrected chi connectivity index (χ2v) is 9.56. The summed E-state index contributed by atoms with van der Waals surface area (Å²) in [5.41, 5.74) is 0. The van der Waals surface area contributed by atoms with Gasteiger partial charge < -0.3 is 24.1 Å². The summed E-state index contributed by atoms with van der Waals surface area (Å²) < 4.78 is 82.9. The molecule has 1 saturated heterocycles. The summed E-state index contributed by atoms with van der Waals surface area (Å²) in [4.78, 5) is -0.0148. The fourth-order valence-electron chi connectivity index (χ4n) is 3.38. The van der Waals surface area contributed by atoms with Crippen LogP contribution in [0, 0.1) is 0 Å². The summed E-state index contributed by atoms with van der Waals surface area (Å²) in [6.07, 6.45) is -5.63. The van der Waals surface area contributed by atoms with Crippen LogP contribution in [0.5, 0.6) is 17.2 Å². The smallest absolute Gasteiger partial charge is 0.457 e. The predicted octanol–water partition coefficient (Wildman–Crippen LogP) is 4.44. The Morgan fingerprint density at radius 1 is 1.03 bits per heavy atom. The van der Waals surface area contributed by atoms with Crippen LogP contribution in [0.3, 0.4) is 0 Å². The minimum Gasteiger partial charge on any atom is -0.457 e. The zero-order valence-corrected chi connectivity index (χ0v) is 18.9. The molecule has 11 heteroatoms. The number of alkyl halides is 3. The summed E-state index contributed by atoms with van der Waals surface area (Å²) in [5, 5.41) is 10.4. The van der Waals surface area contributed by atoms with E-state index in [2.05, 4.69) is 4.74 Å². The van der Waals surface area contributed by atoms with Gasteiger partial charge in [-0.15, -0.1) is 13.2 Å². The Hall–Kier alpha value is -2.34. The van der Waals surface area contributed by atoms with Gasteiger partial charge >= 0.3 is 6.36 Å². The standard InChI is InChI=1S/C22H25F3O7S/c1-3-21(4-2)29-13-20(32-21)19(26)14-33(27,28)18-11-9-16(10-12-18)30-15-5-7-17(8-6-15)31-22(23,24)25/h5-12,19-20,26H,3-4,13-14H2,1-2H3/t19?,20-/m1/s1. The minimum atomic E-state index is -4.79. The number of hydrogen-bond acceptors (Lipinski definition) is 7. The Morgan fingerprint density at radius 2 is 1.55 bits per heavy atom. The third-order valence-corrected chi connectivity index (χ3v) is 7.02. The van der Waals surface area contributed by atoms with Crippen LogP contribution in [0.15, 0.2) is 53.4 Å². The van der Waals surface area contributed by atoms with E-state index < -0.39 is 39.9 Å². The van der Waals surface area contributed by atoms with Crippen LogP contribution >= 0.6 is 0 Å². The molecule has 0 amide bonds. The van der Waals surface area contributed by atoms with Gasteiger partial charge in [-0.05, 0) is 61.4 Å². The lowest BCUT2D eigenvalue weighted by Crippen LogP contribution is -2.37. The summed E-state index contributed by atoms with van der Waals surface area (Å²) in [7, 11) is -3.82. The molecule has 2 atom stereocenters. The van der Waals surface area contributed by atoms with Crippen molar-refractivity contribution in [1.82, 2.24) is 0 Å². The lowest BCUT2D eigenvalue weighted by atomic mass is 10.1. The van der Waals surface area contributed by atoms with Gasteiger partial charge in [-0.3, -0.25) is 0 Å². The Kier molecular flexibility index (Phi) is 7.57. The molecule has 1 unspecified atom stereocenters. The van der Waals surface area contributed by atoms with Crippen molar-refractivity contribution in [2.24, 2.45) is 0 Å². The number of halogens is 3. The second-order valence-electron chi connectivity index (χ2n) is 7.53. The second kappa shape index (κ2) is 9.88. The van der Waals surface area contributed by atoms with Crippen LogP contribution < -0.4 is 9.47 Å². The van der Waals surface area contributed by atoms with Crippen molar-refractivity contribution in [2.45, 2.75) is 55.9 Å². The number of ether oxygens (including phenoxy) is 4. The summed E-state index contributed by atoms with van der Waals surface area (Å²) in [6, 6.07) is 10.3. The van der Waals surface area contributed by atoms with Gasteiger partial charge in [0.15, 0.2) is 15.6 Å². The van der Waals surface area contributed by atoms with Gasteiger partial charge in [-0.2, -0.15) is 0 Å². The highest BCUT2D eigenvalue weighted by Gasteiger charge is 2.42. The molecule has 1 aliphatic rings. The van der Waals surface area contributed by atoms with Crippen LogP contribution in [0.1, 0.15) is 26.7 Å². The lowest BCUT2D eigenvalue weighted by molar-refractivity contribution is -0.274. The van der Waals surface area contributed by atoms with Gasteiger partial charge in [0.1, 0.15) is 23.4 Å². The maximum absolute atomic E-state index is 12.7. The first-order chi connectivity index (χ1) is 15.5. The molecule has 0 radical (unpaired) electrons. The van der Waals surface area contributed by atoms with E-state index >= 15 is 0 Å². The first kappa shape index (κ1) is 25.3. The molecule has 182 valence electrons. The fourth-order valence-corrected chi connectivity index (χ4v) is 4.78. The molecule has 1 heterocycles. The number of sulfone groups is 1. The lowest BCUT2D eigenvalue weighted by Gasteiger charge is -2.26. The number of benzene rings is 2. The fraction of sp³-hybridized carbons (Fsp3) is 0.455. The normalized spacial score (nSPS) is 19.3. The van der Waals surface area contributed by atoms with Gasteiger partial charge in [0, 0.05) is 0 Å². The van der Waals surface area contributed by atoms with Crippen LogP contribution in [-0.4, -0.2) is 50.2 Å². The quantitative estimate of drug-likeness (QED) is 0.556. The average molecular weight is 490 g/mol. The molecule has 0 aromatic heterocycles. The zero-order valence-electron chi connectivity index (χ0n) is 18.0. The van der Waals surface area contributed by atoms with Gasteiger partial charge in [-0.1, -0.05) is 13.8 Å². The van der Waals surface area contributed by atoms with E-state index in [0.29, 0.717) is 12.8 Å².